The summed E-state index contributed by atoms with van der Waals surface area (Å²) in [7, 11) is 0. The Labute approximate surface area is 91.2 Å². The molecule has 0 heterocycles. The van der Waals surface area contributed by atoms with E-state index < -0.39 is 0 Å². The Morgan fingerprint density at radius 1 is 1.53 bits per heavy atom. The molecule has 1 atom stereocenters. The van der Waals surface area contributed by atoms with Gasteiger partial charge in [-0.2, -0.15) is 0 Å². The average Bonchev–Trinajstić information content (AvgIpc) is 2.66. The van der Waals surface area contributed by atoms with Gasteiger partial charge in [-0.1, -0.05) is 19.8 Å². The Balaban J connectivity index is 2.41. The van der Waals surface area contributed by atoms with Crippen LogP contribution in [0, 0.1) is 5.92 Å². The van der Waals surface area contributed by atoms with Gasteiger partial charge in [0.25, 0.3) is 0 Å². The molecule has 15 heavy (non-hydrogen) atoms. The molecule has 1 fully saturated rings. The van der Waals surface area contributed by atoms with Crippen molar-refractivity contribution < 1.29 is 9.90 Å². The van der Waals surface area contributed by atoms with E-state index in [2.05, 4.69) is 5.32 Å². The van der Waals surface area contributed by atoms with Gasteiger partial charge in [-0.25, -0.2) is 0 Å². The number of aliphatic hydroxyl groups is 1. The van der Waals surface area contributed by atoms with E-state index in [9.17, 15) is 9.90 Å². The molecule has 0 aliphatic heterocycles. The summed E-state index contributed by atoms with van der Waals surface area (Å²) in [6, 6.07) is 0. The molecule has 1 rings (SSSR count). The third-order valence-corrected chi connectivity index (χ3v) is 3.20. The van der Waals surface area contributed by atoms with Crippen LogP contribution in [-0.2, 0) is 4.79 Å². The van der Waals surface area contributed by atoms with E-state index in [0.29, 0.717) is 13.0 Å². The molecular formula is C11H22N2O2. The lowest BCUT2D eigenvalue weighted by molar-refractivity contribution is -0.124. The van der Waals surface area contributed by atoms with Crippen LogP contribution in [0.4, 0.5) is 0 Å². The second kappa shape index (κ2) is 5.47. The highest BCUT2D eigenvalue weighted by molar-refractivity contribution is 5.77. The highest BCUT2D eigenvalue weighted by atomic mass is 16.3. The molecule has 4 heteroatoms. The molecule has 1 unspecified atom stereocenters. The van der Waals surface area contributed by atoms with Gasteiger partial charge >= 0.3 is 0 Å². The fourth-order valence-corrected chi connectivity index (χ4v) is 2.12. The lowest BCUT2D eigenvalue weighted by Gasteiger charge is -2.28. The predicted octanol–water partition coefficient (Wildman–Crippen LogP) is 0.393. The van der Waals surface area contributed by atoms with Crippen molar-refractivity contribution in [1.29, 1.82) is 0 Å². The van der Waals surface area contributed by atoms with E-state index in [4.69, 9.17) is 5.73 Å². The average molecular weight is 214 g/mol. The van der Waals surface area contributed by atoms with Crippen LogP contribution in [0.25, 0.3) is 0 Å². The van der Waals surface area contributed by atoms with Gasteiger partial charge in [0.2, 0.25) is 5.91 Å². The van der Waals surface area contributed by atoms with Crippen molar-refractivity contribution in [2.24, 2.45) is 11.7 Å². The van der Waals surface area contributed by atoms with Crippen LogP contribution < -0.4 is 11.1 Å². The van der Waals surface area contributed by atoms with E-state index >= 15 is 0 Å². The zero-order valence-corrected chi connectivity index (χ0v) is 9.46. The quantitative estimate of drug-likeness (QED) is 0.620. The van der Waals surface area contributed by atoms with E-state index in [-0.39, 0.29) is 24.0 Å². The van der Waals surface area contributed by atoms with Gasteiger partial charge < -0.3 is 16.2 Å². The smallest absolute Gasteiger partial charge is 0.220 e. The van der Waals surface area contributed by atoms with E-state index in [0.717, 1.165) is 25.7 Å². The summed E-state index contributed by atoms with van der Waals surface area (Å²) in [5.74, 6) is 0.228. The maximum atomic E-state index is 11.7. The number of amides is 1. The molecule has 0 bridgehead atoms. The van der Waals surface area contributed by atoms with Crippen molar-refractivity contribution in [2.75, 3.05) is 13.2 Å². The minimum absolute atomic E-state index is 0.0175. The van der Waals surface area contributed by atoms with Crippen molar-refractivity contribution in [3.05, 3.63) is 0 Å². The van der Waals surface area contributed by atoms with Gasteiger partial charge in [-0.15, -0.1) is 0 Å². The van der Waals surface area contributed by atoms with Crippen LogP contribution in [0.2, 0.25) is 0 Å². The SMILES string of the molecule is CC(CN)CC(=O)NC1(CO)CCCC1. The van der Waals surface area contributed by atoms with Crippen molar-refractivity contribution in [1.82, 2.24) is 5.32 Å². The zero-order valence-electron chi connectivity index (χ0n) is 9.46. The normalized spacial score (nSPS) is 21.3. The van der Waals surface area contributed by atoms with Crippen molar-refractivity contribution in [3.63, 3.8) is 0 Å². The second-order valence-corrected chi connectivity index (χ2v) is 4.74. The summed E-state index contributed by atoms with van der Waals surface area (Å²) in [6.45, 7) is 2.54. The molecule has 0 saturated heterocycles. The minimum atomic E-state index is -0.342. The number of rotatable bonds is 5. The molecule has 0 aromatic heterocycles. The molecule has 1 saturated carbocycles. The van der Waals surface area contributed by atoms with Gasteiger partial charge in [-0.3, -0.25) is 4.79 Å². The zero-order chi connectivity index (χ0) is 11.3. The fourth-order valence-electron chi connectivity index (χ4n) is 2.12. The first-order valence-electron chi connectivity index (χ1n) is 5.74. The highest BCUT2D eigenvalue weighted by Gasteiger charge is 2.34. The highest BCUT2D eigenvalue weighted by Crippen LogP contribution is 2.29. The molecule has 4 nitrogen and oxygen atoms in total. The molecule has 1 aliphatic rings. The number of hydrogen-bond donors (Lipinski definition) is 3. The summed E-state index contributed by atoms with van der Waals surface area (Å²) in [5, 5.41) is 12.3. The molecular weight excluding hydrogens is 192 g/mol. The molecule has 4 N–H and O–H groups in total. The lowest BCUT2D eigenvalue weighted by atomic mass is 9.97. The monoisotopic (exact) mass is 214 g/mol. The number of carbonyl (C=O) groups is 1. The summed E-state index contributed by atoms with van der Waals surface area (Å²) in [4.78, 5) is 11.7. The van der Waals surface area contributed by atoms with Crippen molar-refractivity contribution in [3.8, 4) is 0 Å². The summed E-state index contributed by atoms with van der Waals surface area (Å²) in [5.41, 5.74) is 5.12. The third-order valence-electron chi connectivity index (χ3n) is 3.20. The topological polar surface area (TPSA) is 75.4 Å². The van der Waals surface area contributed by atoms with Crippen LogP contribution >= 0.6 is 0 Å². The standard InChI is InChI=1S/C11H22N2O2/c1-9(7-12)6-10(15)13-11(8-14)4-2-3-5-11/h9,14H,2-8,12H2,1H3,(H,13,15). The molecule has 88 valence electrons. The largest absolute Gasteiger partial charge is 0.394 e. The van der Waals surface area contributed by atoms with Gasteiger partial charge in [0.05, 0.1) is 12.1 Å². The minimum Gasteiger partial charge on any atom is -0.394 e. The Bertz CT molecular complexity index is 213. The molecule has 0 radical (unpaired) electrons. The van der Waals surface area contributed by atoms with Crippen LogP contribution in [-0.4, -0.2) is 29.7 Å². The third kappa shape index (κ3) is 3.47. The second-order valence-electron chi connectivity index (χ2n) is 4.74. The van der Waals surface area contributed by atoms with Gasteiger partial charge in [0, 0.05) is 6.42 Å². The predicted molar refractivity (Wildman–Crippen MR) is 59.3 cm³/mol. The first-order chi connectivity index (χ1) is 7.12. The number of nitrogens with one attached hydrogen (secondary N) is 1. The van der Waals surface area contributed by atoms with Crippen LogP contribution in [0.1, 0.15) is 39.0 Å². The maximum Gasteiger partial charge on any atom is 0.220 e. The van der Waals surface area contributed by atoms with E-state index in [1.54, 1.807) is 0 Å². The molecule has 0 aromatic rings. The lowest BCUT2D eigenvalue weighted by Crippen LogP contribution is -2.49. The first kappa shape index (κ1) is 12.5. The maximum absolute atomic E-state index is 11.7. The Morgan fingerprint density at radius 2 is 2.13 bits per heavy atom. The fraction of sp³-hybridized carbons (Fsp3) is 0.909. The Morgan fingerprint density at radius 3 is 2.60 bits per heavy atom. The van der Waals surface area contributed by atoms with Gasteiger partial charge in [0.1, 0.15) is 0 Å². The van der Waals surface area contributed by atoms with Gasteiger partial charge in [-0.05, 0) is 25.3 Å². The van der Waals surface area contributed by atoms with Crippen LogP contribution in [0.3, 0.4) is 0 Å². The van der Waals surface area contributed by atoms with Crippen molar-refractivity contribution >= 4 is 5.91 Å². The molecule has 0 spiro atoms. The summed E-state index contributed by atoms with van der Waals surface area (Å²) in [6.07, 6.45) is 4.43. The molecule has 0 aromatic carbocycles. The van der Waals surface area contributed by atoms with Crippen molar-refractivity contribution in [2.45, 2.75) is 44.6 Å². The number of nitrogens with two attached hydrogens (primary N) is 1. The Kier molecular flexibility index (Phi) is 4.54. The van der Waals surface area contributed by atoms with Crippen LogP contribution in [0.5, 0.6) is 0 Å². The number of carbonyl (C=O) groups excluding carboxylic acids is 1. The van der Waals surface area contributed by atoms with Crippen LogP contribution in [0.15, 0.2) is 0 Å². The summed E-state index contributed by atoms with van der Waals surface area (Å²) < 4.78 is 0. The molecule has 1 aliphatic carbocycles. The Hall–Kier alpha value is -0.610. The number of hydrogen-bond acceptors (Lipinski definition) is 3. The first-order valence-corrected chi connectivity index (χ1v) is 5.74. The van der Waals surface area contributed by atoms with Gasteiger partial charge in [0.15, 0.2) is 0 Å². The number of aliphatic hydroxyl groups excluding tert-OH is 1. The summed E-state index contributed by atoms with van der Waals surface area (Å²) >= 11 is 0. The molecule has 1 amide bonds. The van der Waals surface area contributed by atoms with E-state index in [1.807, 2.05) is 6.92 Å². The van der Waals surface area contributed by atoms with E-state index in [1.165, 1.54) is 0 Å².